The lowest BCUT2D eigenvalue weighted by molar-refractivity contribution is 0.472. The average Bonchev–Trinajstić information content (AvgIpc) is 3.12. The van der Waals surface area contributed by atoms with Crippen molar-refractivity contribution in [1.29, 1.82) is 0 Å². The highest BCUT2D eigenvalue weighted by molar-refractivity contribution is 7.11. The number of nitrogens with one attached hydrogen (secondary N) is 1. The molecule has 0 fully saturated rings. The second-order valence-electron chi connectivity index (χ2n) is 6.16. The fourth-order valence-corrected chi connectivity index (χ4v) is 4.11. The van der Waals surface area contributed by atoms with Crippen LogP contribution in [0.1, 0.15) is 40.1 Å². The highest BCUT2D eigenvalue weighted by atomic mass is 32.1. The van der Waals surface area contributed by atoms with Crippen molar-refractivity contribution in [3.05, 3.63) is 27.2 Å². The molecule has 1 N–H and O–H groups in total. The van der Waals surface area contributed by atoms with Gasteiger partial charge in [-0.05, 0) is 32.6 Å². The summed E-state index contributed by atoms with van der Waals surface area (Å²) in [7, 11) is 5.81. The van der Waals surface area contributed by atoms with Crippen LogP contribution in [0.25, 0.3) is 0 Å². The lowest BCUT2D eigenvalue weighted by Crippen LogP contribution is -2.38. The average molecular weight is 347 g/mol. The van der Waals surface area contributed by atoms with E-state index in [1.165, 1.54) is 34.8 Å². The van der Waals surface area contributed by atoms with E-state index >= 15 is 0 Å². The van der Waals surface area contributed by atoms with E-state index in [2.05, 4.69) is 25.4 Å². The van der Waals surface area contributed by atoms with Crippen molar-refractivity contribution in [2.75, 3.05) is 14.1 Å². The zero-order valence-corrected chi connectivity index (χ0v) is 15.7. The van der Waals surface area contributed by atoms with E-state index in [1.807, 2.05) is 36.9 Å². The van der Waals surface area contributed by atoms with Crippen LogP contribution in [-0.2, 0) is 33.0 Å². The minimum Gasteiger partial charge on any atom is -0.349 e. The van der Waals surface area contributed by atoms with Crippen molar-refractivity contribution < 1.29 is 0 Å². The van der Waals surface area contributed by atoms with E-state index in [0.29, 0.717) is 6.54 Å². The molecule has 1 aliphatic carbocycles. The Hall–Kier alpha value is -1.96. The minimum atomic E-state index is 0.600. The molecule has 0 saturated carbocycles. The van der Waals surface area contributed by atoms with Crippen LogP contribution in [0.5, 0.6) is 0 Å². The fraction of sp³-hybridized carbons (Fsp3) is 0.625. The molecule has 0 aromatic carbocycles. The number of aliphatic imine (C=N–C) groups is 1. The van der Waals surface area contributed by atoms with E-state index in [1.54, 1.807) is 7.05 Å². The molecule has 0 amide bonds. The van der Waals surface area contributed by atoms with Crippen LogP contribution in [0.4, 0.5) is 0 Å². The maximum Gasteiger partial charge on any atom is 0.194 e. The molecule has 2 aromatic heterocycles. The monoisotopic (exact) mass is 347 g/mol. The summed E-state index contributed by atoms with van der Waals surface area (Å²) >= 11 is 1.85. The largest absolute Gasteiger partial charge is 0.349 e. The number of guanidine groups is 1. The van der Waals surface area contributed by atoms with Gasteiger partial charge in [0.05, 0.1) is 18.8 Å². The molecule has 7 nitrogen and oxygen atoms in total. The Balaban J connectivity index is 1.61. The quantitative estimate of drug-likeness (QED) is 0.673. The van der Waals surface area contributed by atoms with Gasteiger partial charge in [0.1, 0.15) is 10.8 Å². The Bertz CT molecular complexity index is 707. The van der Waals surface area contributed by atoms with Gasteiger partial charge in [-0.25, -0.2) is 4.98 Å². The molecule has 2 aromatic rings. The van der Waals surface area contributed by atoms with Gasteiger partial charge in [-0.15, -0.1) is 21.5 Å². The number of fused-ring (bicyclic) bond motifs is 1. The van der Waals surface area contributed by atoms with E-state index in [-0.39, 0.29) is 0 Å². The summed E-state index contributed by atoms with van der Waals surface area (Å²) in [6.45, 7) is 3.32. The first kappa shape index (κ1) is 16.9. The van der Waals surface area contributed by atoms with Gasteiger partial charge in [0.15, 0.2) is 11.8 Å². The molecule has 130 valence electrons. The van der Waals surface area contributed by atoms with Crippen molar-refractivity contribution in [2.45, 2.75) is 45.7 Å². The molecular weight excluding hydrogens is 322 g/mol. The Labute approximate surface area is 146 Å². The van der Waals surface area contributed by atoms with Gasteiger partial charge in [-0.3, -0.25) is 4.99 Å². The third-order valence-electron chi connectivity index (χ3n) is 4.42. The third kappa shape index (κ3) is 3.58. The summed E-state index contributed by atoms with van der Waals surface area (Å²) in [5, 5.41) is 12.8. The lowest BCUT2D eigenvalue weighted by Gasteiger charge is -2.20. The number of aromatic nitrogens is 4. The van der Waals surface area contributed by atoms with Gasteiger partial charge in [-0.1, -0.05) is 0 Å². The summed E-state index contributed by atoms with van der Waals surface area (Å²) in [5.74, 6) is 2.64. The topological polar surface area (TPSA) is 71.2 Å². The van der Waals surface area contributed by atoms with Crippen LogP contribution in [-0.4, -0.2) is 44.7 Å². The highest BCUT2D eigenvalue weighted by Gasteiger charge is 2.17. The van der Waals surface area contributed by atoms with Crippen molar-refractivity contribution in [3.8, 4) is 0 Å². The normalized spacial score (nSPS) is 14.6. The van der Waals surface area contributed by atoms with E-state index in [9.17, 15) is 0 Å². The summed E-state index contributed by atoms with van der Waals surface area (Å²) in [6, 6.07) is 0. The van der Waals surface area contributed by atoms with Crippen molar-refractivity contribution in [1.82, 2.24) is 30.0 Å². The predicted molar refractivity (Wildman–Crippen MR) is 96.2 cm³/mol. The first-order valence-corrected chi connectivity index (χ1v) is 9.14. The van der Waals surface area contributed by atoms with Gasteiger partial charge in [0.25, 0.3) is 0 Å². The summed E-state index contributed by atoms with van der Waals surface area (Å²) in [6.07, 6.45) is 4.89. The molecule has 3 rings (SSSR count). The van der Waals surface area contributed by atoms with E-state index in [4.69, 9.17) is 4.98 Å². The molecule has 0 bridgehead atoms. The molecule has 2 heterocycles. The smallest absolute Gasteiger partial charge is 0.194 e. The Morgan fingerprint density at radius 1 is 1.33 bits per heavy atom. The molecule has 0 aliphatic heterocycles. The number of rotatable bonds is 4. The van der Waals surface area contributed by atoms with Gasteiger partial charge in [0, 0.05) is 26.0 Å². The molecule has 0 unspecified atom stereocenters. The maximum atomic E-state index is 4.81. The maximum absolute atomic E-state index is 4.81. The number of nitrogens with zero attached hydrogens (tertiary/aromatic N) is 6. The second-order valence-corrected chi connectivity index (χ2v) is 7.33. The van der Waals surface area contributed by atoms with Crippen molar-refractivity contribution in [3.63, 3.8) is 0 Å². The zero-order chi connectivity index (χ0) is 17.1. The van der Waals surface area contributed by atoms with Gasteiger partial charge in [-0.2, -0.15) is 0 Å². The molecule has 24 heavy (non-hydrogen) atoms. The van der Waals surface area contributed by atoms with Gasteiger partial charge < -0.3 is 14.8 Å². The number of thiazole rings is 1. The highest BCUT2D eigenvalue weighted by Crippen LogP contribution is 2.27. The Morgan fingerprint density at radius 2 is 2.12 bits per heavy atom. The molecule has 0 radical (unpaired) electrons. The summed E-state index contributed by atoms with van der Waals surface area (Å²) < 4.78 is 1.98. The molecule has 8 heteroatoms. The van der Waals surface area contributed by atoms with Crippen LogP contribution < -0.4 is 5.32 Å². The SMILES string of the molecule is CN=C(NCc1nnc(C)n1C)N(C)Cc1nc2c(s1)CCCC2. The first-order chi connectivity index (χ1) is 11.6. The molecule has 0 saturated heterocycles. The van der Waals surface area contributed by atoms with Crippen LogP contribution in [0, 0.1) is 6.92 Å². The minimum absolute atomic E-state index is 0.600. The standard InChI is InChI=1S/C16H25N7S/c1-11-20-21-14(23(11)4)9-18-16(17-2)22(3)10-15-19-12-7-5-6-8-13(12)24-15/h5-10H2,1-4H3,(H,17,18). The van der Waals surface area contributed by atoms with E-state index in [0.717, 1.165) is 30.6 Å². The summed E-state index contributed by atoms with van der Waals surface area (Å²) in [4.78, 5) is 12.8. The number of hydrogen-bond donors (Lipinski definition) is 1. The molecule has 0 spiro atoms. The van der Waals surface area contributed by atoms with Crippen LogP contribution in [0.15, 0.2) is 4.99 Å². The Kier molecular flexibility index (Phi) is 5.13. The number of hydrogen-bond acceptors (Lipinski definition) is 5. The predicted octanol–water partition coefficient (Wildman–Crippen LogP) is 1.67. The van der Waals surface area contributed by atoms with Gasteiger partial charge in [0.2, 0.25) is 0 Å². The summed E-state index contributed by atoms with van der Waals surface area (Å²) in [5.41, 5.74) is 1.31. The second kappa shape index (κ2) is 7.29. The van der Waals surface area contributed by atoms with E-state index < -0.39 is 0 Å². The zero-order valence-electron chi connectivity index (χ0n) is 14.8. The van der Waals surface area contributed by atoms with Crippen molar-refractivity contribution in [2.24, 2.45) is 12.0 Å². The molecule has 1 aliphatic rings. The third-order valence-corrected chi connectivity index (χ3v) is 5.57. The molecular formula is C16H25N7S. The lowest BCUT2D eigenvalue weighted by atomic mass is 10.0. The van der Waals surface area contributed by atoms with Crippen molar-refractivity contribution >= 4 is 17.3 Å². The number of aryl methyl sites for hydroxylation is 3. The fourth-order valence-electron chi connectivity index (χ4n) is 2.90. The van der Waals surface area contributed by atoms with Crippen LogP contribution in [0.3, 0.4) is 0 Å². The van der Waals surface area contributed by atoms with Crippen LogP contribution >= 0.6 is 11.3 Å². The van der Waals surface area contributed by atoms with Crippen LogP contribution in [0.2, 0.25) is 0 Å². The molecule has 0 atom stereocenters. The van der Waals surface area contributed by atoms with Gasteiger partial charge >= 0.3 is 0 Å². The Morgan fingerprint density at radius 3 is 2.79 bits per heavy atom. The first-order valence-electron chi connectivity index (χ1n) is 8.32.